The first-order valence-corrected chi connectivity index (χ1v) is 5.76. The number of benzene rings is 1. The molecule has 0 saturated heterocycles. The van der Waals surface area contributed by atoms with Gasteiger partial charge in [0, 0.05) is 31.1 Å². The minimum absolute atomic E-state index is 0.109. The summed E-state index contributed by atoms with van der Waals surface area (Å²) in [5.41, 5.74) is 0.109. The second kappa shape index (κ2) is 5.24. The molecule has 4 heteroatoms. The van der Waals surface area contributed by atoms with E-state index in [4.69, 9.17) is 5.26 Å². The van der Waals surface area contributed by atoms with Crippen molar-refractivity contribution >= 4 is 0 Å². The molecular weight excluding hydrogens is 222 g/mol. The van der Waals surface area contributed by atoms with Crippen molar-refractivity contribution < 1.29 is 8.78 Å². The highest BCUT2D eigenvalue weighted by molar-refractivity contribution is 5.19. The van der Waals surface area contributed by atoms with Crippen molar-refractivity contribution in [3.63, 3.8) is 0 Å². The van der Waals surface area contributed by atoms with Crippen LogP contribution in [0.4, 0.5) is 8.78 Å². The van der Waals surface area contributed by atoms with Crippen LogP contribution in [0.5, 0.6) is 0 Å². The minimum Gasteiger partial charge on any atom is -0.295 e. The largest absolute Gasteiger partial charge is 0.295 e. The van der Waals surface area contributed by atoms with Crippen molar-refractivity contribution in [2.75, 3.05) is 6.54 Å². The fourth-order valence-electron chi connectivity index (χ4n) is 1.91. The zero-order valence-corrected chi connectivity index (χ0v) is 9.50. The van der Waals surface area contributed by atoms with Crippen LogP contribution in [-0.4, -0.2) is 17.5 Å². The Labute approximate surface area is 99.5 Å². The molecular formula is C13H14F2N2. The Bertz CT molecular complexity index is 415. The van der Waals surface area contributed by atoms with Gasteiger partial charge in [0.1, 0.15) is 11.6 Å². The molecule has 0 N–H and O–H groups in total. The lowest BCUT2D eigenvalue weighted by atomic mass is 10.1. The van der Waals surface area contributed by atoms with E-state index in [-0.39, 0.29) is 12.1 Å². The number of nitrogens with zero attached hydrogens (tertiary/aromatic N) is 2. The molecule has 2 nitrogen and oxygen atoms in total. The van der Waals surface area contributed by atoms with Gasteiger partial charge in [0.05, 0.1) is 6.07 Å². The van der Waals surface area contributed by atoms with Crippen LogP contribution in [-0.2, 0) is 6.54 Å². The van der Waals surface area contributed by atoms with Crippen LogP contribution < -0.4 is 0 Å². The molecule has 1 fully saturated rings. The Balaban J connectivity index is 2.09. The van der Waals surface area contributed by atoms with Gasteiger partial charge in [-0.3, -0.25) is 4.90 Å². The maximum Gasteiger partial charge on any atom is 0.130 e. The highest BCUT2D eigenvalue weighted by Gasteiger charge is 2.29. The second-order valence-electron chi connectivity index (χ2n) is 4.31. The molecule has 90 valence electrons. The van der Waals surface area contributed by atoms with Crippen LogP contribution in [0.15, 0.2) is 18.2 Å². The lowest BCUT2D eigenvalue weighted by Gasteiger charge is -2.21. The lowest BCUT2D eigenvalue weighted by Crippen LogP contribution is -2.27. The van der Waals surface area contributed by atoms with Gasteiger partial charge < -0.3 is 0 Å². The van der Waals surface area contributed by atoms with Gasteiger partial charge in [-0.15, -0.1) is 0 Å². The van der Waals surface area contributed by atoms with Crippen LogP contribution in [0.2, 0.25) is 0 Å². The van der Waals surface area contributed by atoms with Gasteiger partial charge in [0.25, 0.3) is 0 Å². The molecule has 0 spiro atoms. The quantitative estimate of drug-likeness (QED) is 0.786. The molecule has 17 heavy (non-hydrogen) atoms. The molecule has 0 aliphatic heterocycles. The summed E-state index contributed by atoms with van der Waals surface area (Å²) in [6.07, 6.45) is 2.51. The molecule has 1 saturated carbocycles. The molecule has 1 aromatic rings. The average Bonchev–Trinajstić information content (AvgIpc) is 3.12. The van der Waals surface area contributed by atoms with Crippen LogP contribution in [0.1, 0.15) is 24.8 Å². The molecule has 2 rings (SSSR count). The van der Waals surface area contributed by atoms with Crippen LogP contribution in [0.25, 0.3) is 0 Å². The topological polar surface area (TPSA) is 27.0 Å². The zero-order chi connectivity index (χ0) is 12.3. The lowest BCUT2D eigenvalue weighted by molar-refractivity contribution is 0.253. The predicted octanol–water partition coefficient (Wildman–Crippen LogP) is 2.84. The Morgan fingerprint density at radius 2 is 1.94 bits per heavy atom. The van der Waals surface area contributed by atoms with E-state index in [0.29, 0.717) is 19.0 Å². The van der Waals surface area contributed by atoms with E-state index >= 15 is 0 Å². The van der Waals surface area contributed by atoms with Crippen LogP contribution in [0.3, 0.4) is 0 Å². The molecule has 0 atom stereocenters. The third-order valence-electron chi connectivity index (χ3n) is 3.00. The summed E-state index contributed by atoms with van der Waals surface area (Å²) in [7, 11) is 0. The number of rotatable bonds is 5. The van der Waals surface area contributed by atoms with E-state index < -0.39 is 11.6 Å². The summed E-state index contributed by atoms with van der Waals surface area (Å²) in [6, 6.07) is 6.37. The van der Waals surface area contributed by atoms with Crippen molar-refractivity contribution in [1.29, 1.82) is 5.26 Å². The number of halogens is 2. The van der Waals surface area contributed by atoms with E-state index in [1.165, 1.54) is 18.2 Å². The first kappa shape index (κ1) is 12.0. The number of hydrogen-bond donors (Lipinski definition) is 0. The summed E-state index contributed by atoms with van der Waals surface area (Å²) >= 11 is 0. The van der Waals surface area contributed by atoms with Crippen molar-refractivity contribution in [2.45, 2.75) is 31.8 Å². The van der Waals surface area contributed by atoms with E-state index in [2.05, 4.69) is 6.07 Å². The number of hydrogen-bond acceptors (Lipinski definition) is 2. The third-order valence-corrected chi connectivity index (χ3v) is 3.00. The van der Waals surface area contributed by atoms with Crippen molar-refractivity contribution in [2.24, 2.45) is 0 Å². The number of nitriles is 1. The van der Waals surface area contributed by atoms with Gasteiger partial charge >= 0.3 is 0 Å². The highest BCUT2D eigenvalue weighted by atomic mass is 19.1. The smallest absolute Gasteiger partial charge is 0.130 e. The minimum atomic E-state index is -0.507. The summed E-state index contributed by atoms with van der Waals surface area (Å²) in [5.74, 6) is -1.01. The highest BCUT2D eigenvalue weighted by Crippen LogP contribution is 2.29. The third kappa shape index (κ3) is 3.01. The molecule has 1 aromatic carbocycles. The van der Waals surface area contributed by atoms with Crippen molar-refractivity contribution in [1.82, 2.24) is 4.90 Å². The van der Waals surface area contributed by atoms with Gasteiger partial charge in [-0.1, -0.05) is 6.07 Å². The van der Waals surface area contributed by atoms with Gasteiger partial charge in [0.2, 0.25) is 0 Å². The monoisotopic (exact) mass is 236 g/mol. The van der Waals surface area contributed by atoms with Crippen molar-refractivity contribution in [3.05, 3.63) is 35.4 Å². The molecule has 0 radical (unpaired) electrons. The average molecular weight is 236 g/mol. The zero-order valence-electron chi connectivity index (χ0n) is 9.50. The molecule has 1 aliphatic rings. The molecule has 1 aliphatic carbocycles. The Hall–Kier alpha value is -1.47. The molecule has 0 unspecified atom stereocenters. The molecule has 0 aromatic heterocycles. The SMILES string of the molecule is N#CCCN(Cc1c(F)cccc1F)C1CC1. The molecule has 0 heterocycles. The maximum atomic E-state index is 13.5. The second-order valence-corrected chi connectivity index (χ2v) is 4.31. The predicted molar refractivity (Wildman–Crippen MR) is 60.0 cm³/mol. The van der Waals surface area contributed by atoms with Crippen LogP contribution in [0, 0.1) is 23.0 Å². The van der Waals surface area contributed by atoms with E-state index in [1.807, 2.05) is 4.90 Å². The molecule has 0 bridgehead atoms. The Morgan fingerprint density at radius 1 is 1.29 bits per heavy atom. The van der Waals surface area contributed by atoms with Crippen molar-refractivity contribution in [3.8, 4) is 6.07 Å². The van der Waals surface area contributed by atoms with Crippen LogP contribution >= 0.6 is 0 Å². The van der Waals surface area contributed by atoms with E-state index in [9.17, 15) is 8.78 Å². The fraction of sp³-hybridized carbons (Fsp3) is 0.462. The Kier molecular flexibility index (Phi) is 3.70. The summed E-state index contributed by atoms with van der Waals surface area (Å²) in [5, 5.41) is 8.57. The maximum absolute atomic E-state index is 13.5. The summed E-state index contributed by atoms with van der Waals surface area (Å²) in [6.45, 7) is 0.833. The standard InChI is InChI=1S/C13H14F2N2/c14-12-3-1-4-13(15)11(12)9-17(8-2-7-16)10-5-6-10/h1,3-4,10H,2,5-6,8-9H2. The van der Waals surface area contributed by atoms with Gasteiger partial charge in [0.15, 0.2) is 0 Å². The summed E-state index contributed by atoms with van der Waals surface area (Å²) < 4.78 is 27.0. The van der Waals surface area contributed by atoms with E-state index in [0.717, 1.165) is 12.8 Å². The first-order valence-electron chi connectivity index (χ1n) is 5.76. The summed E-state index contributed by atoms with van der Waals surface area (Å²) in [4.78, 5) is 1.99. The van der Waals surface area contributed by atoms with E-state index in [1.54, 1.807) is 0 Å². The first-order chi connectivity index (χ1) is 8.22. The van der Waals surface area contributed by atoms with Gasteiger partial charge in [-0.25, -0.2) is 8.78 Å². The normalized spacial score (nSPS) is 14.9. The fourth-order valence-corrected chi connectivity index (χ4v) is 1.91. The Morgan fingerprint density at radius 3 is 2.47 bits per heavy atom. The molecule has 0 amide bonds. The van der Waals surface area contributed by atoms with Gasteiger partial charge in [-0.05, 0) is 25.0 Å². The van der Waals surface area contributed by atoms with Gasteiger partial charge in [-0.2, -0.15) is 5.26 Å².